The van der Waals surface area contributed by atoms with Gasteiger partial charge in [0.2, 0.25) is 0 Å². The topological polar surface area (TPSA) is 44.1 Å². The molecular weight excluding hydrogens is 264 g/mol. The number of rotatable bonds is 5. The molecule has 0 saturated carbocycles. The number of fused-ring (bicyclic) bond motifs is 1. The number of benzene rings is 1. The lowest BCUT2D eigenvalue weighted by Crippen LogP contribution is -2.23. The van der Waals surface area contributed by atoms with Crippen LogP contribution in [-0.4, -0.2) is 16.2 Å². The van der Waals surface area contributed by atoms with E-state index in [1.807, 2.05) is 13.8 Å². The molecule has 0 spiro atoms. The van der Waals surface area contributed by atoms with Crippen LogP contribution >= 0.6 is 11.6 Å². The fourth-order valence-corrected chi connectivity index (χ4v) is 2.06. The zero-order valence-electron chi connectivity index (χ0n) is 11.1. The van der Waals surface area contributed by atoms with Crippen LogP contribution in [0.3, 0.4) is 0 Å². The third-order valence-electron chi connectivity index (χ3n) is 2.76. The van der Waals surface area contributed by atoms with Crippen LogP contribution in [0.15, 0.2) is 23.0 Å². The maximum atomic E-state index is 12.4. The van der Waals surface area contributed by atoms with Gasteiger partial charge in [0.25, 0.3) is 11.6 Å². The summed E-state index contributed by atoms with van der Waals surface area (Å²) >= 11 is 5.94. The van der Waals surface area contributed by atoms with Crippen molar-refractivity contribution in [3.63, 3.8) is 0 Å². The van der Waals surface area contributed by atoms with Crippen molar-refractivity contribution < 1.29 is 4.74 Å². The molecule has 2 rings (SSSR count). The second-order valence-corrected chi connectivity index (χ2v) is 4.80. The molecule has 1 aromatic heterocycles. The highest BCUT2D eigenvalue weighted by molar-refractivity contribution is 6.31. The minimum absolute atomic E-state index is 0.0744. The van der Waals surface area contributed by atoms with Gasteiger partial charge in [-0.15, -0.1) is 0 Å². The Kier molecular flexibility index (Phi) is 4.43. The Morgan fingerprint density at radius 1 is 1.32 bits per heavy atom. The fraction of sp³-hybridized carbons (Fsp3) is 0.429. The highest BCUT2D eigenvalue weighted by Crippen LogP contribution is 2.18. The quantitative estimate of drug-likeness (QED) is 0.844. The van der Waals surface area contributed by atoms with Crippen molar-refractivity contribution >= 4 is 22.5 Å². The molecular formula is C14H17ClN2O2. The van der Waals surface area contributed by atoms with Crippen LogP contribution in [0.2, 0.25) is 5.02 Å². The van der Waals surface area contributed by atoms with Crippen LogP contribution in [0, 0.1) is 0 Å². The summed E-state index contributed by atoms with van der Waals surface area (Å²) < 4.78 is 7.17. The predicted molar refractivity (Wildman–Crippen MR) is 77.1 cm³/mol. The average Bonchev–Trinajstić information content (AvgIpc) is 2.40. The molecule has 0 aliphatic heterocycles. The lowest BCUT2D eigenvalue weighted by Gasteiger charge is -2.12. The van der Waals surface area contributed by atoms with E-state index in [9.17, 15) is 4.79 Å². The Balaban J connectivity index is 2.62. The molecule has 0 N–H and O–H groups in total. The van der Waals surface area contributed by atoms with Crippen molar-refractivity contribution in [1.29, 1.82) is 0 Å². The van der Waals surface area contributed by atoms with E-state index in [1.54, 1.807) is 22.8 Å². The van der Waals surface area contributed by atoms with Gasteiger partial charge in [-0.2, -0.15) is 4.98 Å². The molecule has 0 unspecified atom stereocenters. The number of hydrogen-bond acceptors (Lipinski definition) is 3. The van der Waals surface area contributed by atoms with Crippen molar-refractivity contribution in [1.82, 2.24) is 9.55 Å². The predicted octanol–water partition coefficient (Wildman–Crippen LogP) is 3.25. The standard InChI is InChI=1S/C14H17ClN2O2/c1-3-7-17-13(18)11-6-5-10(15)9-12(11)16-14(17)19-8-4-2/h5-6,9H,3-4,7-8H2,1-2H3. The summed E-state index contributed by atoms with van der Waals surface area (Å²) in [4.78, 5) is 16.8. The number of nitrogens with zero attached hydrogens (tertiary/aromatic N) is 2. The number of aromatic nitrogens is 2. The highest BCUT2D eigenvalue weighted by Gasteiger charge is 2.11. The number of ether oxygens (including phenoxy) is 1. The van der Waals surface area contributed by atoms with Crippen LogP contribution in [0.5, 0.6) is 6.01 Å². The number of hydrogen-bond donors (Lipinski definition) is 0. The van der Waals surface area contributed by atoms with E-state index in [4.69, 9.17) is 16.3 Å². The molecule has 19 heavy (non-hydrogen) atoms. The van der Waals surface area contributed by atoms with Crippen molar-refractivity contribution in [3.8, 4) is 6.01 Å². The molecule has 0 amide bonds. The summed E-state index contributed by atoms with van der Waals surface area (Å²) in [7, 11) is 0. The molecule has 0 bridgehead atoms. The summed E-state index contributed by atoms with van der Waals surface area (Å²) in [5.41, 5.74) is 0.505. The monoisotopic (exact) mass is 280 g/mol. The van der Waals surface area contributed by atoms with E-state index in [0.29, 0.717) is 35.1 Å². The van der Waals surface area contributed by atoms with Gasteiger partial charge in [-0.1, -0.05) is 25.4 Å². The van der Waals surface area contributed by atoms with Gasteiger partial charge in [0.05, 0.1) is 17.5 Å². The van der Waals surface area contributed by atoms with Crippen LogP contribution in [0.1, 0.15) is 26.7 Å². The Bertz CT molecular complexity index is 637. The second-order valence-electron chi connectivity index (χ2n) is 4.36. The van der Waals surface area contributed by atoms with Gasteiger partial charge in [0.15, 0.2) is 0 Å². The highest BCUT2D eigenvalue weighted by atomic mass is 35.5. The zero-order chi connectivity index (χ0) is 13.8. The maximum absolute atomic E-state index is 12.4. The molecule has 0 atom stereocenters. The van der Waals surface area contributed by atoms with E-state index in [1.165, 1.54) is 0 Å². The summed E-state index contributed by atoms with van der Waals surface area (Å²) in [5, 5.41) is 1.13. The minimum atomic E-state index is -0.0744. The Morgan fingerprint density at radius 2 is 2.11 bits per heavy atom. The largest absolute Gasteiger partial charge is 0.465 e. The zero-order valence-corrected chi connectivity index (χ0v) is 11.9. The Hall–Kier alpha value is -1.55. The molecule has 0 saturated heterocycles. The normalized spacial score (nSPS) is 10.9. The lowest BCUT2D eigenvalue weighted by atomic mass is 10.2. The third kappa shape index (κ3) is 2.89. The van der Waals surface area contributed by atoms with Crippen LogP contribution in [-0.2, 0) is 6.54 Å². The molecule has 2 aromatic rings. The van der Waals surface area contributed by atoms with Gasteiger partial charge in [-0.25, -0.2) is 0 Å². The Morgan fingerprint density at radius 3 is 2.79 bits per heavy atom. The van der Waals surface area contributed by atoms with E-state index < -0.39 is 0 Å². The first kappa shape index (κ1) is 13.9. The maximum Gasteiger partial charge on any atom is 0.299 e. The minimum Gasteiger partial charge on any atom is -0.465 e. The summed E-state index contributed by atoms with van der Waals surface area (Å²) in [6.45, 7) is 5.17. The van der Waals surface area contributed by atoms with Crippen LogP contribution in [0.25, 0.3) is 10.9 Å². The van der Waals surface area contributed by atoms with Gasteiger partial charge in [0, 0.05) is 11.6 Å². The second kappa shape index (κ2) is 6.06. The Labute approximate surface area is 117 Å². The fourth-order valence-electron chi connectivity index (χ4n) is 1.90. The molecule has 102 valence electrons. The molecule has 1 heterocycles. The van der Waals surface area contributed by atoms with Crippen molar-refractivity contribution in [3.05, 3.63) is 33.6 Å². The summed E-state index contributed by atoms with van der Waals surface area (Å²) in [5.74, 6) is 0. The first-order valence-electron chi connectivity index (χ1n) is 6.50. The van der Waals surface area contributed by atoms with Gasteiger partial charge < -0.3 is 4.74 Å². The van der Waals surface area contributed by atoms with Crippen molar-refractivity contribution in [2.45, 2.75) is 33.2 Å². The first-order chi connectivity index (χ1) is 9.17. The summed E-state index contributed by atoms with van der Waals surface area (Å²) in [6.07, 6.45) is 1.72. The van der Waals surface area contributed by atoms with E-state index in [2.05, 4.69) is 4.98 Å². The molecule has 0 radical (unpaired) electrons. The SMILES string of the molecule is CCCOc1nc2cc(Cl)ccc2c(=O)n1CCC. The third-order valence-corrected chi connectivity index (χ3v) is 3.00. The molecule has 5 heteroatoms. The van der Waals surface area contributed by atoms with Gasteiger partial charge in [-0.3, -0.25) is 9.36 Å². The molecule has 0 aliphatic rings. The summed E-state index contributed by atoms with van der Waals surface area (Å²) in [6, 6.07) is 5.48. The smallest absolute Gasteiger partial charge is 0.299 e. The van der Waals surface area contributed by atoms with Crippen LogP contribution in [0.4, 0.5) is 0 Å². The molecule has 4 nitrogen and oxygen atoms in total. The van der Waals surface area contributed by atoms with Gasteiger partial charge in [0.1, 0.15) is 0 Å². The number of halogens is 1. The average molecular weight is 281 g/mol. The van der Waals surface area contributed by atoms with Crippen LogP contribution < -0.4 is 10.3 Å². The van der Waals surface area contributed by atoms with E-state index in [-0.39, 0.29) is 5.56 Å². The van der Waals surface area contributed by atoms with Gasteiger partial charge >= 0.3 is 0 Å². The molecule has 0 aliphatic carbocycles. The molecule has 0 fully saturated rings. The molecule has 1 aromatic carbocycles. The van der Waals surface area contributed by atoms with Crippen molar-refractivity contribution in [2.24, 2.45) is 0 Å². The van der Waals surface area contributed by atoms with Crippen molar-refractivity contribution in [2.75, 3.05) is 6.61 Å². The van der Waals surface area contributed by atoms with E-state index in [0.717, 1.165) is 12.8 Å². The first-order valence-corrected chi connectivity index (χ1v) is 6.88. The van der Waals surface area contributed by atoms with E-state index >= 15 is 0 Å². The lowest BCUT2D eigenvalue weighted by molar-refractivity contribution is 0.272. The van der Waals surface area contributed by atoms with Gasteiger partial charge in [-0.05, 0) is 31.0 Å².